The third-order valence-corrected chi connectivity index (χ3v) is 7.82. The zero-order valence-electron chi connectivity index (χ0n) is 21.7. The molecule has 4 rings (SSSR count). The first-order valence-electron chi connectivity index (χ1n) is 13.1. The van der Waals surface area contributed by atoms with Crippen LogP contribution in [0.2, 0.25) is 0 Å². The Bertz CT molecular complexity index is 1100. The maximum atomic E-state index is 4.27. The van der Waals surface area contributed by atoms with Crippen LogP contribution in [0.15, 0.2) is 85.1 Å². The molecule has 178 valence electrons. The molecule has 4 atom stereocenters. The van der Waals surface area contributed by atoms with E-state index in [1.165, 1.54) is 58.5 Å². The molecular weight excluding hydrogens is 410 g/mol. The van der Waals surface area contributed by atoms with E-state index in [4.69, 9.17) is 0 Å². The molecule has 0 N–H and O–H groups in total. The number of benzene rings is 3. The van der Waals surface area contributed by atoms with Crippen molar-refractivity contribution in [1.82, 2.24) is 0 Å². The van der Waals surface area contributed by atoms with Gasteiger partial charge in [0.1, 0.15) is 0 Å². The molecule has 0 aromatic heterocycles. The monoisotopic (exact) mass is 451 g/mol. The van der Waals surface area contributed by atoms with E-state index in [0.29, 0.717) is 12.0 Å². The van der Waals surface area contributed by atoms with E-state index >= 15 is 0 Å². The third kappa shape index (κ3) is 5.30. The fourth-order valence-electron chi connectivity index (χ4n) is 5.64. The minimum absolute atomic E-state index is 0.379. The summed E-state index contributed by atoms with van der Waals surface area (Å²) in [5.74, 6) is 2.21. The highest BCUT2D eigenvalue weighted by atomic mass is 15.2. The second-order valence-electron chi connectivity index (χ2n) is 10.7. The zero-order valence-corrected chi connectivity index (χ0v) is 21.7. The Balaban J connectivity index is 1.45. The molecule has 0 radical (unpaired) electrons. The number of hydrogen-bond donors (Lipinski definition) is 0. The summed E-state index contributed by atoms with van der Waals surface area (Å²) in [7, 11) is 0. The second kappa shape index (κ2) is 10.6. The maximum absolute atomic E-state index is 4.27. The van der Waals surface area contributed by atoms with Gasteiger partial charge >= 0.3 is 0 Å². The average molecular weight is 452 g/mol. The summed E-state index contributed by atoms with van der Waals surface area (Å²) >= 11 is 0. The number of nitrogens with zero attached hydrogens (tertiary/aromatic N) is 1. The Morgan fingerprint density at radius 1 is 0.853 bits per heavy atom. The lowest BCUT2D eigenvalue weighted by molar-refractivity contribution is 0.369. The second-order valence-corrected chi connectivity index (χ2v) is 10.7. The summed E-state index contributed by atoms with van der Waals surface area (Å²) < 4.78 is 0. The molecule has 0 aliphatic carbocycles. The van der Waals surface area contributed by atoms with Gasteiger partial charge in [0.05, 0.1) is 6.04 Å². The molecule has 1 heterocycles. The minimum Gasteiger partial charge on any atom is -0.338 e. The van der Waals surface area contributed by atoms with Crippen molar-refractivity contribution in [1.29, 1.82) is 0 Å². The third-order valence-electron chi connectivity index (χ3n) is 7.82. The summed E-state index contributed by atoms with van der Waals surface area (Å²) in [6.07, 6.45) is 4.91. The number of aryl methyl sites for hydroxylation is 1. The quantitative estimate of drug-likeness (QED) is 0.313. The number of rotatable bonds is 9. The van der Waals surface area contributed by atoms with Gasteiger partial charge in [0, 0.05) is 17.8 Å². The summed E-state index contributed by atoms with van der Waals surface area (Å²) in [5, 5.41) is 0. The van der Waals surface area contributed by atoms with Gasteiger partial charge in [0.2, 0.25) is 0 Å². The van der Waals surface area contributed by atoms with Crippen LogP contribution < -0.4 is 4.90 Å². The van der Waals surface area contributed by atoms with Crippen LogP contribution in [0.3, 0.4) is 0 Å². The molecule has 1 aliphatic rings. The van der Waals surface area contributed by atoms with Crippen LogP contribution in [0.5, 0.6) is 0 Å². The van der Waals surface area contributed by atoms with E-state index in [0.717, 1.165) is 18.3 Å². The predicted octanol–water partition coefficient (Wildman–Crippen LogP) is 9.69. The van der Waals surface area contributed by atoms with Gasteiger partial charge in [-0.1, -0.05) is 101 Å². The molecule has 3 aromatic rings. The van der Waals surface area contributed by atoms with Crippen LogP contribution in [-0.4, -0.2) is 0 Å². The van der Waals surface area contributed by atoms with E-state index in [9.17, 15) is 0 Å². The lowest BCUT2D eigenvalue weighted by Crippen LogP contribution is -2.38. The molecule has 1 nitrogen and oxygen atoms in total. The minimum atomic E-state index is 0.379. The van der Waals surface area contributed by atoms with Crippen LogP contribution >= 0.6 is 0 Å². The standard InChI is InChI=1S/C33H41N/c1-7-23(2)19-24(3)20-25(4)28-13-15-29(16-14-28)30-17-18-32(26(5)21-30)33-22-27(6)34(33)31-11-9-8-10-12-31/h8-18,21,23-25,33H,6-7,19-20,22H2,1-5H3. The summed E-state index contributed by atoms with van der Waals surface area (Å²) in [4.78, 5) is 2.38. The van der Waals surface area contributed by atoms with Crippen molar-refractivity contribution in [3.63, 3.8) is 0 Å². The Hall–Kier alpha value is -2.80. The van der Waals surface area contributed by atoms with E-state index in [1.807, 2.05) is 0 Å². The smallest absolute Gasteiger partial charge is 0.0645 e. The summed E-state index contributed by atoms with van der Waals surface area (Å²) in [6.45, 7) is 16.0. The lowest BCUT2D eigenvalue weighted by atomic mass is 9.85. The first kappa shape index (κ1) is 24.3. The number of para-hydroxylation sites is 1. The molecule has 34 heavy (non-hydrogen) atoms. The molecular formula is C33H41N. The van der Waals surface area contributed by atoms with Gasteiger partial charge in [-0.25, -0.2) is 0 Å². The van der Waals surface area contributed by atoms with Crippen LogP contribution in [-0.2, 0) is 0 Å². The van der Waals surface area contributed by atoms with E-state index in [2.05, 4.69) is 119 Å². The van der Waals surface area contributed by atoms with E-state index in [-0.39, 0.29) is 0 Å². The SMILES string of the molecule is C=C1CC(c2ccc(-c3ccc(C(C)CC(C)CC(C)CC)cc3)cc2C)N1c1ccccc1. The molecule has 1 aliphatic heterocycles. The Morgan fingerprint density at radius 2 is 1.53 bits per heavy atom. The van der Waals surface area contributed by atoms with Crippen LogP contribution in [0.4, 0.5) is 5.69 Å². The summed E-state index contributed by atoms with van der Waals surface area (Å²) in [5.41, 5.74) is 9.25. The Morgan fingerprint density at radius 3 is 2.15 bits per heavy atom. The van der Waals surface area contributed by atoms with Crippen LogP contribution in [0, 0.1) is 18.8 Å². The molecule has 3 aromatic carbocycles. The van der Waals surface area contributed by atoms with Crippen molar-refractivity contribution in [3.05, 3.63) is 102 Å². The van der Waals surface area contributed by atoms with Crippen LogP contribution in [0.1, 0.15) is 82.0 Å². The Labute approximate surface area is 207 Å². The molecule has 0 amide bonds. The molecule has 0 spiro atoms. The van der Waals surface area contributed by atoms with E-state index < -0.39 is 0 Å². The van der Waals surface area contributed by atoms with Gasteiger partial charge in [-0.15, -0.1) is 0 Å². The normalized spacial score (nSPS) is 18.3. The van der Waals surface area contributed by atoms with Gasteiger partial charge in [0.25, 0.3) is 0 Å². The molecule has 1 fully saturated rings. The van der Waals surface area contributed by atoms with Crippen molar-refractivity contribution in [2.45, 2.75) is 72.3 Å². The van der Waals surface area contributed by atoms with Crippen molar-refractivity contribution in [2.24, 2.45) is 11.8 Å². The molecule has 4 unspecified atom stereocenters. The highest BCUT2D eigenvalue weighted by molar-refractivity contribution is 5.67. The van der Waals surface area contributed by atoms with Crippen molar-refractivity contribution < 1.29 is 0 Å². The fourth-order valence-corrected chi connectivity index (χ4v) is 5.64. The van der Waals surface area contributed by atoms with Crippen molar-refractivity contribution in [2.75, 3.05) is 4.90 Å². The van der Waals surface area contributed by atoms with Gasteiger partial charge in [-0.3, -0.25) is 0 Å². The van der Waals surface area contributed by atoms with Gasteiger partial charge in [-0.05, 0) is 77.5 Å². The number of hydrogen-bond acceptors (Lipinski definition) is 1. The van der Waals surface area contributed by atoms with Crippen molar-refractivity contribution >= 4 is 5.69 Å². The van der Waals surface area contributed by atoms with Crippen molar-refractivity contribution in [3.8, 4) is 11.1 Å². The highest BCUT2D eigenvalue weighted by Gasteiger charge is 2.34. The fraction of sp³-hybridized carbons (Fsp3) is 0.394. The molecule has 1 saturated heterocycles. The highest BCUT2D eigenvalue weighted by Crippen LogP contribution is 2.45. The maximum Gasteiger partial charge on any atom is 0.0645 e. The Kier molecular flexibility index (Phi) is 7.61. The zero-order chi connectivity index (χ0) is 24.2. The molecule has 1 heteroatoms. The van der Waals surface area contributed by atoms with Gasteiger partial charge in [-0.2, -0.15) is 0 Å². The first-order chi connectivity index (χ1) is 16.4. The van der Waals surface area contributed by atoms with Gasteiger partial charge in [0.15, 0.2) is 0 Å². The topological polar surface area (TPSA) is 3.24 Å². The number of anilines is 1. The molecule has 0 saturated carbocycles. The van der Waals surface area contributed by atoms with Gasteiger partial charge < -0.3 is 4.90 Å². The predicted molar refractivity (Wildman–Crippen MR) is 148 cm³/mol. The average Bonchev–Trinajstić information content (AvgIpc) is 2.83. The van der Waals surface area contributed by atoms with Crippen LogP contribution in [0.25, 0.3) is 11.1 Å². The largest absolute Gasteiger partial charge is 0.338 e. The first-order valence-corrected chi connectivity index (χ1v) is 13.1. The lowest BCUT2D eigenvalue weighted by Gasteiger charge is -2.45. The van der Waals surface area contributed by atoms with E-state index in [1.54, 1.807) is 0 Å². The molecule has 0 bridgehead atoms. The summed E-state index contributed by atoms with van der Waals surface area (Å²) in [6, 6.07) is 27.3.